The molecule has 0 aliphatic rings. The third-order valence-electron chi connectivity index (χ3n) is 1.50. The Balaban J connectivity index is 3.25. The minimum Gasteiger partial charge on any atom is -0.241 e. The summed E-state index contributed by atoms with van der Waals surface area (Å²) < 4.78 is 1.05. The van der Waals surface area contributed by atoms with Crippen LogP contribution in [0.25, 0.3) is 0 Å². The summed E-state index contributed by atoms with van der Waals surface area (Å²) in [6.07, 6.45) is 0.909. The van der Waals surface area contributed by atoms with Crippen molar-refractivity contribution in [2.24, 2.45) is 0 Å². The number of hydrogen-bond acceptors (Lipinski definition) is 1. The Morgan fingerprint density at radius 1 is 1.64 bits per heavy atom. The van der Waals surface area contributed by atoms with Crippen LogP contribution in [0.4, 0.5) is 0 Å². The quantitative estimate of drug-likeness (QED) is 0.679. The fourth-order valence-electron chi connectivity index (χ4n) is 0.938. The van der Waals surface area contributed by atoms with Crippen molar-refractivity contribution >= 4 is 27.5 Å². The van der Waals surface area contributed by atoms with Crippen LogP contribution >= 0.6 is 27.5 Å². The lowest BCUT2D eigenvalue weighted by Crippen LogP contribution is -1.90. The Labute approximate surface area is 79.9 Å². The van der Waals surface area contributed by atoms with Crippen LogP contribution in [0.3, 0.4) is 0 Å². The van der Waals surface area contributed by atoms with E-state index in [0.717, 1.165) is 22.2 Å². The molecule has 0 saturated heterocycles. The van der Waals surface area contributed by atoms with Gasteiger partial charge in [-0.3, -0.25) is 0 Å². The summed E-state index contributed by atoms with van der Waals surface area (Å²) in [5.41, 5.74) is 2.02. The average molecular weight is 235 g/mol. The van der Waals surface area contributed by atoms with Crippen LogP contribution in [-0.2, 0) is 6.42 Å². The van der Waals surface area contributed by atoms with Crippen molar-refractivity contribution in [2.45, 2.75) is 20.3 Å². The lowest BCUT2D eigenvalue weighted by atomic mass is 10.2. The first-order valence-corrected chi connectivity index (χ1v) is 4.63. The molecule has 0 atom stereocenters. The third-order valence-corrected chi connectivity index (χ3v) is 2.52. The van der Waals surface area contributed by atoms with E-state index in [-0.39, 0.29) is 0 Å². The Hall–Kier alpha value is -0.0800. The smallest absolute Gasteiger partial charge is 0.133 e. The molecule has 0 fully saturated rings. The summed E-state index contributed by atoms with van der Waals surface area (Å²) in [4.78, 5) is 4.14. The Bertz CT molecular complexity index is 250. The predicted molar refractivity (Wildman–Crippen MR) is 51.1 cm³/mol. The van der Waals surface area contributed by atoms with Crippen LogP contribution in [0.2, 0.25) is 5.15 Å². The van der Waals surface area contributed by atoms with Crippen LogP contribution in [0.5, 0.6) is 0 Å². The highest BCUT2D eigenvalue weighted by molar-refractivity contribution is 9.10. The molecule has 0 aromatic carbocycles. The van der Waals surface area contributed by atoms with Gasteiger partial charge in [-0.2, -0.15) is 0 Å². The van der Waals surface area contributed by atoms with E-state index in [1.54, 1.807) is 0 Å². The van der Waals surface area contributed by atoms with Gasteiger partial charge in [0.2, 0.25) is 0 Å². The molecule has 0 spiro atoms. The van der Waals surface area contributed by atoms with Crippen LogP contribution in [-0.4, -0.2) is 4.98 Å². The van der Waals surface area contributed by atoms with Crippen LogP contribution in [0.15, 0.2) is 10.5 Å². The molecule has 0 N–H and O–H groups in total. The van der Waals surface area contributed by atoms with Crippen LogP contribution in [0, 0.1) is 6.92 Å². The highest BCUT2D eigenvalue weighted by Crippen LogP contribution is 2.24. The lowest BCUT2D eigenvalue weighted by molar-refractivity contribution is 1.06. The van der Waals surface area contributed by atoms with Crippen LogP contribution in [0.1, 0.15) is 18.2 Å². The van der Waals surface area contributed by atoms with Gasteiger partial charge >= 0.3 is 0 Å². The Kier molecular flexibility index (Phi) is 2.90. The first-order valence-electron chi connectivity index (χ1n) is 3.46. The molecule has 1 nitrogen and oxygen atoms in total. The molecule has 0 aliphatic carbocycles. The van der Waals surface area contributed by atoms with E-state index in [0.29, 0.717) is 5.15 Å². The first kappa shape index (κ1) is 9.01. The van der Waals surface area contributed by atoms with Gasteiger partial charge in [-0.15, -0.1) is 0 Å². The number of halogens is 2. The number of nitrogens with zero attached hydrogens (tertiary/aromatic N) is 1. The average Bonchev–Trinajstić information content (AvgIpc) is 1.85. The third kappa shape index (κ3) is 1.94. The standard InChI is InChI=1S/C8H9BrClN/c1-3-6-7(9)4-5(2)11-8(6)10/h4H,3H2,1-2H3. The van der Waals surface area contributed by atoms with Gasteiger partial charge in [0.05, 0.1) is 0 Å². The van der Waals surface area contributed by atoms with Crippen molar-refractivity contribution < 1.29 is 0 Å². The normalized spacial score (nSPS) is 10.2. The van der Waals surface area contributed by atoms with Crippen molar-refractivity contribution in [1.82, 2.24) is 4.98 Å². The summed E-state index contributed by atoms with van der Waals surface area (Å²) in [6, 6.07) is 1.98. The number of pyridine rings is 1. The minimum atomic E-state index is 0.611. The molecule has 0 saturated carbocycles. The maximum atomic E-state index is 5.89. The van der Waals surface area contributed by atoms with Gasteiger partial charge in [0.15, 0.2) is 0 Å². The second-order valence-electron chi connectivity index (χ2n) is 2.37. The number of hydrogen-bond donors (Lipinski definition) is 0. The topological polar surface area (TPSA) is 12.9 Å². The molecular formula is C8H9BrClN. The van der Waals surface area contributed by atoms with Crippen LogP contribution < -0.4 is 0 Å². The maximum Gasteiger partial charge on any atom is 0.133 e. The highest BCUT2D eigenvalue weighted by atomic mass is 79.9. The monoisotopic (exact) mass is 233 g/mol. The van der Waals surface area contributed by atoms with Gasteiger partial charge in [-0.25, -0.2) is 4.98 Å². The molecule has 1 aromatic rings. The minimum absolute atomic E-state index is 0.611. The molecule has 3 heteroatoms. The summed E-state index contributed by atoms with van der Waals surface area (Å²) in [7, 11) is 0. The Morgan fingerprint density at radius 3 is 2.73 bits per heavy atom. The van der Waals surface area contributed by atoms with E-state index in [9.17, 15) is 0 Å². The SMILES string of the molecule is CCc1c(Br)cc(C)nc1Cl. The van der Waals surface area contributed by atoms with E-state index < -0.39 is 0 Å². The molecule has 0 radical (unpaired) electrons. The molecular weight excluding hydrogens is 225 g/mol. The number of rotatable bonds is 1. The summed E-state index contributed by atoms with van der Waals surface area (Å²) in [5, 5.41) is 0.611. The molecule has 1 heterocycles. The van der Waals surface area contributed by atoms with Gasteiger partial charge < -0.3 is 0 Å². The van der Waals surface area contributed by atoms with E-state index in [1.165, 1.54) is 0 Å². The van der Waals surface area contributed by atoms with Crippen molar-refractivity contribution in [3.8, 4) is 0 Å². The first-order chi connectivity index (χ1) is 5.15. The zero-order valence-corrected chi connectivity index (χ0v) is 8.83. The van der Waals surface area contributed by atoms with E-state index in [4.69, 9.17) is 11.6 Å². The lowest BCUT2D eigenvalue weighted by Gasteiger charge is -2.03. The molecule has 60 valence electrons. The largest absolute Gasteiger partial charge is 0.241 e. The molecule has 0 amide bonds. The highest BCUT2D eigenvalue weighted by Gasteiger charge is 2.04. The molecule has 1 rings (SSSR count). The van der Waals surface area contributed by atoms with E-state index in [2.05, 4.69) is 27.8 Å². The van der Waals surface area contributed by atoms with Crippen molar-refractivity contribution in [2.75, 3.05) is 0 Å². The maximum absolute atomic E-state index is 5.89. The number of aromatic nitrogens is 1. The van der Waals surface area contributed by atoms with Crippen molar-refractivity contribution in [3.05, 3.63) is 26.9 Å². The second-order valence-corrected chi connectivity index (χ2v) is 3.58. The predicted octanol–water partition coefficient (Wildman–Crippen LogP) is 3.37. The zero-order chi connectivity index (χ0) is 8.43. The zero-order valence-electron chi connectivity index (χ0n) is 6.49. The van der Waals surface area contributed by atoms with Crippen molar-refractivity contribution in [3.63, 3.8) is 0 Å². The summed E-state index contributed by atoms with van der Waals surface area (Å²) >= 11 is 9.33. The summed E-state index contributed by atoms with van der Waals surface area (Å²) in [5.74, 6) is 0. The van der Waals surface area contributed by atoms with Gasteiger partial charge in [-0.05, 0) is 19.4 Å². The van der Waals surface area contributed by atoms with Gasteiger partial charge in [0.1, 0.15) is 5.15 Å². The van der Waals surface area contributed by atoms with E-state index in [1.807, 2.05) is 13.0 Å². The van der Waals surface area contributed by atoms with Crippen molar-refractivity contribution in [1.29, 1.82) is 0 Å². The van der Waals surface area contributed by atoms with Gasteiger partial charge in [0.25, 0.3) is 0 Å². The van der Waals surface area contributed by atoms with E-state index >= 15 is 0 Å². The molecule has 0 bridgehead atoms. The summed E-state index contributed by atoms with van der Waals surface area (Å²) in [6.45, 7) is 3.99. The molecule has 11 heavy (non-hydrogen) atoms. The molecule has 0 unspecified atom stereocenters. The number of aryl methyl sites for hydroxylation is 1. The fourth-order valence-corrected chi connectivity index (χ4v) is 2.22. The van der Waals surface area contributed by atoms with Gasteiger partial charge in [-0.1, -0.05) is 34.5 Å². The van der Waals surface area contributed by atoms with Gasteiger partial charge in [0, 0.05) is 15.7 Å². The fraction of sp³-hybridized carbons (Fsp3) is 0.375. The molecule has 0 aliphatic heterocycles. The Morgan fingerprint density at radius 2 is 2.27 bits per heavy atom. The second kappa shape index (κ2) is 3.55. The molecule has 1 aromatic heterocycles.